The van der Waals surface area contributed by atoms with E-state index in [1.807, 2.05) is 54.0 Å². The number of benzene rings is 1. The molecule has 2 aliphatic heterocycles. The minimum absolute atomic E-state index is 0.0934. The van der Waals surface area contributed by atoms with Gasteiger partial charge in [0.05, 0.1) is 6.04 Å². The lowest BCUT2D eigenvalue weighted by atomic mass is 9.72. The van der Waals surface area contributed by atoms with Crippen molar-refractivity contribution in [3.63, 3.8) is 0 Å². The van der Waals surface area contributed by atoms with Gasteiger partial charge in [0, 0.05) is 38.5 Å². The molecule has 1 aromatic carbocycles. The molecule has 2 heterocycles. The molecule has 0 saturated carbocycles. The molecule has 1 aromatic rings. The fourth-order valence-corrected chi connectivity index (χ4v) is 5.69. The van der Waals surface area contributed by atoms with E-state index in [2.05, 4.69) is 10.6 Å². The second-order valence-electron chi connectivity index (χ2n) is 12.5. The molecule has 2 fully saturated rings. The van der Waals surface area contributed by atoms with Crippen LogP contribution in [0.2, 0.25) is 0 Å². The Morgan fingerprint density at radius 3 is 2.00 bits per heavy atom. The van der Waals surface area contributed by atoms with Crippen LogP contribution in [0.4, 0.5) is 0 Å². The molecule has 0 unspecified atom stereocenters. The fraction of sp³-hybridized carbons (Fsp3) is 0.667. The van der Waals surface area contributed by atoms with Crippen LogP contribution in [0, 0.1) is 11.3 Å². The summed E-state index contributed by atoms with van der Waals surface area (Å²) in [6.07, 6.45) is 4.43. The van der Waals surface area contributed by atoms with E-state index in [0.717, 1.165) is 37.9 Å². The predicted octanol–water partition coefficient (Wildman–Crippen LogP) is 0.243. The summed E-state index contributed by atoms with van der Waals surface area (Å²) in [5, 5.41) is 5.81. The van der Waals surface area contributed by atoms with E-state index >= 15 is 0 Å². The topological polar surface area (TPSA) is 229 Å². The maximum Gasteiger partial charge on any atom is 0.466 e. The summed E-state index contributed by atoms with van der Waals surface area (Å²) in [6, 6.07) is 7.24. The van der Waals surface area contributed by atoms with Gasteiger partial charge in [-0.1, -0.05) is 44.2 Å². The van der Waals surface area contributed by atoms with E-state index < -0.39 is 31.9 Å². The first-order chi connectivity index (χ1) is 21.0. The first-order valence-electron chi connectivity index (χ1n) is 15.5. The number of hydrogen-bond acceptors (Lipinski definition) is 7. The lowest BCUT2D eigenvalue weighted by Crippen LogP contribution is -2.63. The number of carbonyl (C=O) groups is 4. The predicted molar refractivity (Wildman–Crippen MR) is 169 cm³/mol. The fourth-order valence-electron chi connectivity index (χ4n) is 5.69. The summed E-state index contributed by atoms with van der Waals surface area (Å²) in [4.78, 5) is 76.9. The quantitative estimate of drug-likeness (QED) is 0.113. The molecule has 15 heteroatoms. The minimum atomic E-state index is -4.64. The van der Waals surface area contributed by atoms with Crippen molar-refractivity contribution in [1.82, 2.24) is 20.4 Å². The molecule has 3 atom stereocenters. The molecular weight excluding hydrogens is 603 g/mol. The van der Waals surface area contributed by atoms with Gasteiger partial charge in [-0.25, -0.2) is 4.57 Å². The van der Waals surface area contributed by atoms with Crippen LogP contribution in [-0.4, -0.2) is 99.0 Å². The first-order valence-corrected chi connectivity index (χ1v) is 17.0. The molecule has 4 amide bonds. The van der Waals surface area contributed by atoms with Gasteiger partial charge in [0.25, 0.3) is 0 Å². The van der Waals surface area contributed by atoms with Gasteiger partial charge >= 0.3 is 7.82 Å². The Balaban J connectivity index is 0.00000130. The number of carbonyl (C=O) groups excluding carboxylic acids is 4. The first kappa shape index (κ1) is 38.3. The van der Waals surface area contributed by atoms with Crippen molar-refractivity contribution in [2.45, 2.75) is 83.8 Å². The summed E-state index contributed by atoms with van der Waals surface area (Å²) < 4.78 is 8.88. The van der Waals surface area contributed by atoms with Gasteiger partial charge in [-0.3, -0.25) is 19.2 Å². The normalized spacial score (nSPS) is 17.8. The van der Waals surface area contributed by atoms with E-state index in [4.69, 9.17) is 30.7 Å². The summed E-state index contributed by atoms with van der Waals surface area (Å²) >= 11 is 0. The van der Waals surface area contributed by atoms with Crippen LogP contribution in [-0.2, 0) is 30.2 Å². The lowest BCUT2D eigenvalue weighted by Gasteiger charge is -2.54. The zero-order chi connectivity index (χ0) is 33.8. The number of likely N-dealkylation sites (tertiary alicyclic amines) is 2. The molecule has 45 heavy (non-hydrogen) atoms. The van der Waals surface area contributed by atoms with E-state index in [1.165, 1.54) is 0 Å². The van der Waals surface area contributed by atoms with E-state index in [-0.39, 0.29) is 29.1 Å². The smallest absolute Gasteiger partial charge is 0.343 e. The molecule has 0 radical (unpaired) electrons. The molecule has 0 aliphatic carbocycles. The highest BCUT2D eigenvalue weighted by Crippen LogP contribution is 2.40. The maximum atomic E-state index is 13.6. The standard InChI is InChI=1S/C30H48N6O4.H3O4P/c1-21(2)17-26(34-27(38)24(32)18-23-9-5-4-6-10-23)28(39)33-25(11-7-8-14-31)29(40)35-15-12-30(13-16-35)19-36(20-30)22(3)37;1-5(2,3)4/h4-6,9-10,21,24-26H,7-8,11-20,31-32H2,1-3H3,(H,33,39)(H,34,38);(H3,1,2,3,4)/t24-,25-,26-;/m1./s1. The molecular formula is C30H51N6O8P. The third kappa shape index (κ3) is 13.6. The van der Waals surface area contributed by atoms with Crippen molar-refractivity contribution >= 4 is 31.5 Å². The number of nitrogens with zero attached hydrogens (tertiary/aromatic N) is 2. The Labute approximate surface area is 265 Å². The summed E-state index contributed by atoms with van der Waals surface area (Å²) in [6.45, 7) is 8.79. The van der Waals surface area contributed by atoms with Crippen LogP contribution in [0.5, 0.6) is 0 Å². The number of nitrogens with two attached hydrogens (primary N) is 2. The molecule has 9 N–H and O–H groups in total. The van der Waals surface area contributed by atoms with Gasteiger partial charge in [0.1, 0.15) is 12.1 Å². The SMILES string of the molecule is CC(=O)N1CC2(CCN(C(=O)[C@@H](CCCCN)NC(=O)[C@@H](CC(C)C)NC(=O)[C@H](N)Cc3ccccc3)CC2)C1.O=P(O)(O)O. The molecule has 14 nitrogen and oxygen atoms in total. The Morgan fingerprint density at radius 2 is 1.49 bits per heavy atom. The van der Waals surface area contributed by atoms with Crippen molar-refractivity contribution in [2.24, 2.45) is 22.8 Å². The summed E-state index contributed by atoms with van der Waals surface area (Å²) in [5.41, 5.74) is 12.9. The van der Waals surface area contributed by atoms with Crippen LogP contribution >= 0.6 is 7.82 Å². The molecule has 2 saturated heterocycles. The van der Waals surface area contributed by atoms with Gasteiger partial charge in [-0.2, -0.15) is 0 Å². The van der Waals surface area contributed by atoms with Gasteiger partial charge < -0.3 is 46.6 Å². The number of hydrogen-bond donors (Lipinski definition) is 7. The molecule has 254 valence electrons. The number of phosphoric acid groups is 1. The lowest BCUT2D eigenvalue weighted by molar-refractivity contribution is -0.149. The summed E-state index contributed by atoms with van der Waals surface area (Å²) in [5.74, 6) is -0.626. The third-order valence-corrected chi connectivity index (χ3v) is 8.17. The van der Waals surface area contributed by atoms with Crippen LogP contribution in [0.1, 0.15) is 64.9 Å². The van der Waals surface area contributed by atoms with Crippen LogP contribution in [0.3, 0.4) is 0 Å². The maximum absolute atomic E-state index is 13.6. The molecule has 0 aromatic heterocycles. The van der Waals surface area contributed by atoms with Crippen LogP contribution in [0.15, 0.2) is 30.3 Å². The zero-order valence-corrected chi connectivity index (χ0v) is 27.5. The number of rotatable bonds is 13. The van der Waals surface area contributed by atoms with Gasteiger partial charge in [-0.05, 0) is 63.0 Å². The third-order valence-electron chi connectivity index (χ3n) is 8.17. The molecule has 2 aliphatic rings. The van der Waals surface area contributed by atoms with E-state index in [1.54, 1.807) is 6.92 Å². The van der Waals surface area contributed by atoms with Crippen LogP contribution in [0.25, 0.3) is 0 Å². The van der Waals surface area contributed by atoms with Crippen molar-refractivity contribution in [3.8, 4) is 0 Å². The van der Waals surface area contributed by atoms with Crippen molar-refractivity contribution in [3.05, 3.63) is 35.9 Å². The van der Waals surface area contributed by atoms with E-state index in [0.29, 0.717) is 45.3 Å². The molecule has 3 rings (SSSR count). The monoisotopic (exact) mass is 654 g/mol. The number of nitrogens with one attached hydrogen (secondary N) is 2. The highest BCUT2D eigenvalue weighted by molar-refractivity contribution is 7.45. The average Bonchev–Trinajstić information content (AvgIpc) is 2.94. The van der Waals surface area contributed by atoms with Gasteiger partial charge in [0.2, 0.25) is 23.6 Å². The Bertz CT molecular complexity index is 1160. The van der Waals surface area contributed by atoms with Crippen molar-refractivity contribution in [2.75, 3.05) is 32.7 Å². The highest BCUT2D eigenvalue weighted by atomic mass is 31.2. The number of amides is 4. The second kappa shape index (κ2) is 17.7. The average molecular weight is 655 g/mol. The second-order valence-corrected chi connectivity index (χ2v) is 13.6. The Morgan fingerprint density at radius 1 is 0.933 bits per heavy atom. The van der Waals surface area contributed by atoms with Crippen molar-refractivity contribution in [1.29, 1.82) is 0 Å². The molecule has 0 bridgehead atoms. The Hall–Kier alpha value is -2.87. The highest BCUT2D eigenvalue weighted by Gasteiger charge is 2.47. The van der Waals surface area contributed by atoms with Gasteiger partial charge in [0.15, 0.2) is 0 Å². The number of unbranched alkanes of at least 4 members (excludes halogenated alkanes) is 1. The van der Waals surface area contributed by atoms with Crippen LogP contribution < -0.4 is 22.1 Å². The zero-order valence-electron chi connectivity index (χ0n) is 26.6. The van der Waals surface area contributed by atoms with E-state index in [9.17, 15) is 19.2 Å². The summed E-state index contributed by atoms with van der Waals surface area (Å²) in [7, 11) is -4.64. The minimum Gasteiger partial charge on any atom is -0.343 e. The number of piperidine rings is 1. The van der Waals surface area contributed by atoms with Crippen molar-refractivity contribution < 1.29 is 38.4 Å². The largest absolute Gasteiger partial charge is 0.466 e. The molecule has 1 spiro atoms. The van der Waals surface area contributed by atoms with Gasteiger partial charge in [-0.15, -0.1) is 0 Å². The Kier molecular flexibility index (Phi) is 15.1.